The van der Waals surface area contributed by atoms with Crippen LogP contribution in [0.15, 0.2) is 18.2 Å². The van der Waals surface area contributed by atoms with E-state index in [4.69, 9.17) is 17.3 Å². The molecule has 3 N–H and O–H groups in total. The Morgan fingerprint density at radius 1 is 1.44 bits per heavy atom. The van der Waals surface area contributed by atoms with Crippen LogP contribution in [-0.2, 0) is 6.42 Å². The van der Waals surface area contributed by atoms with Crippen molar-refractivity contribution in [2.24, 2.45) is 0 Å². The zero-order chi connectivity index (χ0) is 11.7. The van der Waals surface area contributed by atoms with Crippen molar-refractivity contribution in [2.45, 2.75) is 20.3 Å². The molecule has 16 heavy (non-hydrogen) atoms. The lowest BCUT2D eigenvalue weighted by atomic mass is 10.0. The van der Waals surface area contributed by atoms with E-state index < -0.39 is 0 Å². The minimum atomic E-state index is 0.564. The van der Waals surface area contributed by atoms with Crippen molar-refractivity contribution in [1.29, 1.82) is 0 Å². The van der Waals surface area contributed by atoms with Crippen molar-refractivity contribution in [3.05, 3.63) is 34.3 Å². The number of nitrogen functional groups attached to an aromatic ring is 1. The molecular weight excluding hydrogens is 222 g/mol. The molecule has 0 aliphatic heterocycles. The van der Waals surface area contributed by atoms with E-state index in [1.807, 2.05) is 25.1 Å². The molecule has 2 rings (SSSR count). The maximum Gasteiger partial charge on any atom is 0.149 e. The fourth-order valence-corrected chi connectivity index (χ4v) is 1.90. The lowest BCUT2D eigenvalue weighted by molar-refractivity contribution is 1.10. The predicted octanol–water partition coefficient (Wildman–Crippen LogP) is 3.18. The molecule has 0 unspecified atom stereocenters. The summed E-state index contributed by atoms with van der Waals surface area (Å²) in [5, 5.41) is 7.74. The van der Waals surface area contributed by atoms with E-state index in [0.29, 0.717) is 5.82 Å². The third-order valence-corrected chi connectivity index (χ3v) is 3.12. The number of nitrogens with one attached hydrogen (secondary N) is 1. The van der Waals surface area contributed by atoms with Gasteiger partial charge in [-0.1, -0.05) is 30.7 Å². The van der Waals surface area contributed by atoms with Crippen LogP contribution in [0, 0.1) is 6.92 Å². The average Bonchev–Trinajstić information content (AvgIpc) is 2.63. The molecule has 1 heterocycles. The molecule has 0 saturated heterocycles. The van der Waals surface area contributed by atoms with Crippen molar-refractivity contribution < 1.29 is 0 Å². The number of hydrogen-bond acceptors (Lipinski definition) is 2. The van der Waals surface area contributed by atoms with Gasteiger partial charge in [-0.05, 0) is 25.0 Å². The first kappa shape index (κ1) is 11.0. The van der Waals surface area contributed by atoms with Crippen molar-refractivity contribution >= 4 is 17.4 Å². The van der Waals surface area contributed by atoms with Crippen LogP contribution in [0.3, 0.4) is 0 Å². The topological polar surface area (TPSA) is 54.7 Å². The van der Waals surface area contributed by atoms with Gasteiger partial charge in [0.25, 0.3) is 0 Å². The van der Waals surface area contributed by atoms with E-state index in [0.717, 1.165) is 33.8 Å². The van der Waals surface area contributed by atoms with Crippen LogP contribution in [0.1, 0.15) is 18.1 Å². The first-order valence-electron chi connectivity index (χ1n) is 5.22. The molecule has 0 spiro atoms. The van der Waals surface area contributed by atoms with Crippen molar-refractivity contribution in [3.63, 3.8) is 0 Å². The van der Waals surface area contributed by atoms with Crippen LogP contribution in [0.25, 0.3) is 11.3 Å². The quantitative estimate of drug-likeness (QED) is 0.840. The Balaban J connectivity index is 2.54. The minimum Gasteiger partial charge on any atom is -0.382 e. The Kier molecular flexibility index (Phi) is 2.88. The van der Waals surface area contributed by atoms with Gasteiger partial charge in [-0.25, -0.2) is 0 Å². The van der Waals surface area contributed by atoms with Gasteiger partial charge in [-0.2, -0.15) is 5.10 Å². The largest absolute Gasteiger partial charge is 0.382 e. The van der Waals surface area contributed by atoms with Crippen LogP contribution in [0.5, 0.6) is 0 Å². The number of anilines is 1. The number of aromatic nitrogens is 2. The molecule has 0 aliphatic rings. The van der Waals surface area contributed by atoms with Crippen LogP contribution in [0.4, 0.5) is 5.82 Å². The fraction of sp³-hybridized carbons (Fsp3) is 0.250. The number of hydrogen-bond donors (Lipinski definition) is 2. The molecule has 1 aromatic carbocycles. The summed E-state index contributed by atoms with van der Waals surface area (Å²) in [6, 6.07) is 5.95. The summed E-state index contributed by atoms with van der Waals surface area (Å²) in [7, 11) is 0. The zero-order valence-corrected chi connectivity index (χ0v) is 10.1. The summed E-state index contributed by atoms with van der Waals surface area (Å²) in [4.78, 5) is 0. The van der Waals surface area contributed by atoms with Gasteiger partial charge in [-0.15, -0.1) is 0 Å². The second kappa shape index (κ2) is 4.18. The van der Waals surface area contributed by atoms with Crippen LogP contribution >= 0.6 is 11.6 Å². The Morgan fingerprint density at radius 3 is 2.81 bits per heavy atom. The Hall–Kier alpha value is -1.48. The fourth-order valence-electron chi connectivity index (χ4n) is 1.72. The van der Waals surface area contributed by atoms with Gasteiger partial charge < -0.3 is 5.73 Å². The van der Waals surface area contributed by atoms with Crippen LogP contribution in [0.2, 0.25) is 5.02 Å². The molecule has 1 aromatic heterocycles. The van der Waals surface area contributed by atoms with Gasteiger partial charge in [0.05, 0.1) is 5.69 Å². The van der Waals surface area contributed by atoms with E-state index in [9.17, 15) is 0 Å². The highest BCUT2D eigenvalue weighted by atomic mass is 35.5. The number of halogens is 1. The van der Waals surface area contributed by atoms with E-state index in [1.54, 1.807) is 0 Å². The lowest BCUT2D eigenvalue weighted by Crippen LogP contribution is -1.91. The van der Waals surface area contributed by atoms with E-state index >= 15 is 0 Å². The molecule has 0 radical (unpaired) electrons. The van der Waals surface area contributed by atoms with Gasteiger partial charge in [0.2, 0.25) is 0 Å². The second-order valence-corrected chi connectivity index (χ2v) is 4.19. The summed E-state index contributed by atoms with van der Waals surface area (Å²) < 4.78 is 0. The average molecular weight is 236 g/mol. The molecule has 84 valence electrons. The smallest absolute Gasteiger partial charge is 0.149 e. The highest BCUT2D eigenvalue weighted by Gasteiger charge is 2.11. The summed E-state index contributed by atoms with van der Waals surface area (Å²) in [5.74, 6) is 0.564. The zero-order valence-electron chi connectivity index (χ0n) is 9.34. The molecule has 0 atom stereocenters. The maximum atomic E-state index is 6.10. The number of benzene rings is 1. The number of nitrogens with two attached hydrogens (primary N) is 1. The maximum absolute atomic E-state index is 6.10. The van der Waals surface area contributed by atoms with E-state index in [2.05, 4.69) is 17.1 Å². The molecular formula is C12H14ClN3. The van der Waals surface area contributed by atoms with Crippen molar-refractivity contribution in [1.82, 2.24) is 10.2 Å². The lowest BCUT2D eigenvalue weighted by Gasteiger charge is -2.04. The minimum absolute atomic E-state index is 0.564. The first-order chi connectivity index (χ1) is 7.63. The first-order valence-corrected chi connectivity index (χ1v) is 5.60. The number of rotatable bonds is 2. The second-order valence-electron chi connectivity index (χ2n) is 3.78. The van der Waals surface area contributed by atoms with Gasteiger partial charge in [0, 0.05) is 16.1 Å². The van der Waals surface area contributed by atoms with Gasteiger partial charge in [0.1, 0.15) is 5.82 Å². The summed E-state index contributed by atoms with van der Waals surface area (Å²) in [6.07, 6.45) is 0.850. The number of nitrogens with zero attached hydrogens (tertiary/aromatic N) is 1. The SMILES string of the molecule is CCc1c(N)n[nH]c1-c1ccc(C)c(Cl)c1. The highest BCUT2D eigenvalue weighted by Crippen LogP contribution is 2.28. The van der Waals surface area contributed by atoms with E-state index in [-0.39, 0.29) is 0 Å². The van der Waals surface area contributed by atoms with Gasteiger partial charge in [0.15, 0.2) is 0 Å². The molecule has 0 aliphatic carbocycles. The monoisotopic (exact) mass is 235 g/mol. The van der Waals surface area contributed by atoms with Crippen molar-refractivity contribution in [3.8, 4) is 11.3 Å². The third kappa shape index (κ3) is 1.78. The molecule has 4 heteroatoms. The van der Waals surface area contributed by atoms with Crippen LogP contribution < -0.4 is 5.73 Å². The van der Waals surface area contributed by atoms with Crippen LogP contribution in [-0.4, -0.2) is 10.2 Å². The van der Waals surface area contributed by atoms with Gasteiger partial charge >= 0.3 is 0 Å². The molecule has 3 nitrogen and oxygen atoms in total. The molecule has 0 amide bonds. The summed E-state index contributed by atoms with van der Waals surface area (Å²) in [6.45, 7) is 4.04. The van der Waals surface area contributed by atoms with Gasteiger partial charge in [-0.3, -0.25) is 5.10 Å². The summed E-state index contributed by atoms with van der Waals surface area (Å²) >= 11 is 6.10. The number of aryl methyl sites for hydroxylation is 1. The molecule has 2 aromatic rings. The Labute approximate surface area is 99.6 Å². The molecule has 0 fully saturated rings. The number of H-pyrrole nitrogens is 1. The Bertz CT molecular complexity index is 517. The van der Waals surface area contributed by atoms with Crippen molar-refractivity contribution in [2.75, 3.05) is 5.73 Å². The Morgan fingerprint density at radius 2 is 2.19 bits per heavy atom. The normalized spacial score (nSPS) is 10.7. The standard InChI is InChI=1S/C12H14ClN3/c1-3-9-11(15-16-12(9)14)8-5-4-7(2)10(13)6-8/h4-6H,3H2,1-2H3,(H3,14,15,16). The van der Waals surface area contributed by atoms with E-state index in [1.165, 1.54) is 0 Å². The number of aromatic amines is 1. The third-order valence-electron chi connectivity index (χ3n) is 2.71. The summed E-state index contributed by atoms with van der Waals surface area (Å²) in [5.41, 5.74) is 9.87. The molecule has 0 bridgehead atoms. The highest BCUT2D eigenvalue weighted by molar-refractivity contribution is 6.31. The predicted molar refractivity (Wildman–Crippen MR) is 67.6 cm³/mol. The molecule has 0 saturated carbocycles.